The molecule has 0 aromatic rings. The van der Waals surface area contributed by atoms with Crippen LogP contribution in [0.25, 0.3) is 0 Å². The molecule has 3 aliphatic heterocycles. The van der Waals surface area contributed by atoms with Crippen LogP contribution in [0.3, 0.4) is 0 Å². The van der Waals surface area contributed by atoms with Gasteiger partial charge < -0.3 is 4.90 Å². The van der Waals surface area contributed by atoms with Gasteiger partial charge in [-0.15, -0.1) is 11.8 Å². The number of rotatable bonds is 3. The van der Waals surface area contributed by atoms with Gasteiger partial charge in [0, 0.05) is 17.8 Å². The summed E-state index contributed by atoms with van der Waals surface area (Å²) in [6, 6.07) is 0.469. The van der Waals surface area contributed by atoms with Gasteiger partial charge in [-0.2, -0.15) is 0 Å². The van der Waals surface area contributed by atoms with Gasteiger partial charge >= 0.3 is 0 Å². The molecule has 0 N–H and O–H groups in total. The van der Waals surface area contributed by atoms with Crippen molar-refractivity contribution in [3.05, 3.63) is 0 Å². The highest BCUT2D eigenvalue weighted by Gasteiger charge is 2.44. The van der Waals surface area contributed by atoms with Crippen molar-refractivity contribution in [2.45, 2.75) is 49.8 Å². The summed E-state index contributed by atoms with van der Waals surface area (Å²) in [5.74, 6) is 3.72. The summed E-state index contributed by atoms with van der Waals surface area (Å²) in [4.78, 5) is 14.9. The Morgan fingerprint density at radius 1 is 1.05 bits per heavy atom. The van der Waals surface area contributed by atoms with Gasteiger partial charge in [0.1, 0.15) is 0 Å². The molecule has 4 bridgehead atoms. The SMILES string of the molecule is O=C(CS[C@@H]1CCS(=O)(=O)C1)N1CC2C[C@@H]3CC1C[C@H](C2)C3. The van der Waals surface area contributed by atoms with Crippen LogP contribution in [0.5, 0.6) is 0 Å². The number of hydrogen-bond acceptors (Lipinski definition) is 4. The molecule has 6 heteroatoms. The third kappa shape index (κ3) is 3.05. The van der Waals surface area contributed by atoms with Crippen molar-refractivity contribution in [2.24, 2.45) is 17.8 Å². The van der Waals surface area contributed by atoms with Crippen LogP contribution in [0.4, 0.5) is 0 Å². The molecular formula is C16H25NO3S2. The number of thioether (sulfide) groups is 1. The molecular weight excluding hydrogens is 318 g/mol. The Balaban J connectivity index is 1.36. The molecule has 3 heterocycles. The van der Waals surface area contributed by atoms with E-state index in [4.69, 9.17) is 0 Å². The van der Waals surface area contributed by atoms with Crippen molar-refractivity contribution in [2.75, 3.05) is 23.8 Å². The highest BCUT2D eigenvalue weighted by atomic mass is 32.2. The van der Waals surface area contributed by atoms with E-state index in [-0.39, 0.29) is 16.9 Å². The molecule has 1 amide bonds. The standard InChI is InChI=1S/C16H25NO3S2/c18-16(9-21-15-1-2-22(19,20)10-15)17-8-13-4-11-3-12(5-13)7-14(17)6-11/h11-15H,1-10H2/t11-,12+,13?,14?,15-/m1/s1. The average molecular weight is 344 g/mol. The van der Waals surface area contributed by atoms with Gasteiger partial charge in [-0.25, -0.2) is 8.42 Å². The van der Waals surface area contributed by atoms with Crippen LogP contribution in [0, 0.1) is 17.8 Å². The highest BCUT2D eigenvalue weighted by molar-refractivity contribution is 8.02. The molecule has 2 aliphatic carbocycles. The average Bonchev–Trinajstić information content (AvgIpc) is 2.68. The third-order valence-corrected chi connectivity index (χ3v) is 9.33. The van der Waals surface area contributed by atoms with Crippen LogP contribution in [0.15, 0.2) is 0 Å². The number of nitrogens with zero attached hydrogens (tertiary/aromatic N) is 1. The van der Waals surface area contributed by atoms with Gasteiger partial charge in [0.2, 0.25) is 5.91 Å². The maximum absolute atomic E-state index is 12.7. The summed E-state index contributed by atoms with van der Waals surface area (Å²) < 4.78 is 23.0. The van der Waals surface area contributed by atoms with Gasteiger partial charge in [0.25, 0.3) is 0 Å². The summed E-state index contributed by atoms with van der Waals surface area (Å²) in [6.45, 7) is 0.958. The Morgan fingerprint density at radius 3 is 2.36 bits per heavy atom. The number of carbonyl (C=O) groups is 1. The zero-order chi connectivity index (χ0) is 15.3. The lowest BCUT2D eigenvalue weighted by atomic mass is 9.68. The fourth-order valence-electron chi connectivity index (χ4n) is 5.25. The minimum Gasteiger partial charge on any atom is -0.339 e. The lowest BCUT2D eigenvalue weighted by molar-refractivity contribution is -0.131. The first-order valence-corrected chi connectivity index (χ1v) is 11.5. The van der Waals surface area contributed by atoms with Crippen LogP contribution < -0.4 is 0 Å². The van der Waals surface area contributed by atoms with Crippen LogP contribution in [-0.2, 0) is 14.6 Å². The number of carbonyl (C=O) groups excluding carboxylic acids is 1. The highest BCUT2D eigenvalue weighted by Crippen LogP contribution is 2.47. The molecule has 5 aliphatic rings. The second-order valence-corrected chi connectivity index (χ2v) is 11.3. The molecule has 3 saturated heterocycles. The summed E-state index contributed by atoms with van der Waals surface area (Å²) >= 11 is 1.57. The largest absolute Gasteiger partial charge is 0.339 e. The van der Waals surface area contributed by atoms with E-state index in [9.17, 15) is 13.2 Å². The van der Waals surface area contributed by atoms with Gasteiger partial charge in [0.05, 0.1) is 17.3 Å². The lowest BCUT2D eigenvalue weighted by Crippen LogP contribution is -2.43. The van der Waals surface area contributed by atoms with Gasteiger partial charge in [-0.05, 0) is 56.3 Å². The van der Waals surface area contributed by atoms with Crippen molar-refractivity contribution in [3.8, 4) is 0 Å². The summed E-state index contributed by atoms with van der Waals surface area (Å²) in [5, 5.41) is 0.133. The molecule has 124 valence electrons. The first kappa shape index (κ1) is 15.3. The van der Waals surface area contributed by atoms with Crippen LogP contribution >= 0.6 is 11.8 Å². The van der Waals surface area contributed by atoms with Gasteiger partial charge in [-0.1, -0.05) is 0 Å². The van der Waals surface area contributed by atoms with Crippen molar-refractivity contribution in [1.29, 1.82) is 0 Å². The predicted molar refractivity (Wildman–Crippen MR) is 88.6 cm³/mol. The topological polar surface area (TPSA) is 54.5 Å². The Hall–Kier alpha value is -0.230. The first-order valence-electron chi connectivity index (χ1n) is 8.60. The molecule has 0 aromatic carbocycles. The molecule has 22 heavy (non-hydrogen) atoms. The summed E-state index contributed by atoms with van der Waals surface area (Å²) in [5.41, 5.74) is 0. The Labute approximate surface area is 137 Å². The number of hydrogen-bond donors (Lipinski definition) is 0. The second kappa shape index (κ2) is 5.69. The molecule has 2 unspecified atom stereocenters. The van der Waals surface area contributed by atoms with E-state index in [1.165, 1.54) is 32.1 Å². The van der Waals surface area contributed by atoms with Crippen molar-refractivity contribution < 1.29 is 13.2 Å². The van der Waals surface area contributed by atoms with Crippen molar-refractivity contribution in [3.63, 3.8) is 0 Å². The molecule has 0 radical (unpaired) electrons. The van der Waals surface area contributed by atoms with E-state index < -0.39 is 9.84 Å². The number of sulfone groups is 1. The van der Waals surface area contributed by atoms with Gasteiger partial charge in [0.15, 0.2) is 9.84 Å². The molecule has 5 atom stereocenters. The fourth-order valence-corrected chi connectivity index (χ4v) is 8.78. The van der Waals surface area contributed by atoms with Crippen molar-refractivity contribution in [1.82, 2.24) is 4.90 Å². The van der Waals surface area contributed by atoms with E-state index in [1.807, 2.05) is 0 Å². The van der Waals surface area contributed by atoms with Crippen LogP contribution in [0.2, 0.25) is 0 Å². The fraction of sp³-hybridized carbons (Fsp3) is 0.938. The third-order valence-electron chi connectivity index (χ3n) is 6.06. The molecule has 4 nitrogen and oxygen atoms in total. The van der Waals surface area contributed by atoms with E-state index in [0.717, 1.165) is 30.7 Å². The normalized spacial score (nSPS) is 42.5. The first-order chi connectivity index (χ1) is 10.5. The Morgan fingerprint density at radius 2 is 1.73 bits per heavy atom. The predicted octanol–water partition coefficient (Wildman–Crippen LogP) is 1.94. The lowest BCUT2D eigenvalue weighted by Gasteiger charge is -2.39. The maximum atomic E-state index is 12.7. The van der Waals surface area contributed by atoms with E-state index in [1.54, 1.807) is 11.8 Å². The summed E-state index contributed by atoms with van der Waals surface area (Å²) in [7, 11) is -2.84. The monoisotopic (exact) mass is 343 g/mol. The molecule has 0 spiro atoms. The molecule has 0 aromatic heterocycles. The van der Waals surface area contributed by atoms with Gasteiger partial charge in [-0.3, -0.25) is 4.79 Å². The zero-order valence-corrected chi connectivity index (χ0v) is 14.6. The van der Waals surface area contributed by atoms with E-state index in [2.05, 4.69) is 4.90 Å². The Bertz CT molecular complexity index is 548. The number of fused-ring (bicyclic) bond motifs is 1. The second-order valence-electron chi connectivity index (χ2n) is 7.81. The number of amides is 1. The van der Waals surface area contributed by atoms with Crippen LogP contribution in [0.1, 0.15) is 38.5 Å². The smallest absolute Gasteiger partial charge is 0.232 e. The molecule has 5 rings (SSSR count). The summed E-state index contributed by atoms with van der Waals surface area (Å²) in [6.07, 6.45) is 7.18. The quantitative estimate of drug-likeness (QED) is 0.786. The van der Waals surface area contributed by atoms with Crippen LogP contribution in [-0.4, -0.2) is 54.3 Å². The van der Waals surface area contributed by atoms with E-state index >= 15 is 0 Å². The molecule has 2 saturated carbocycles. The minimum absolute atomic E-state index is 0.133. The van der Waals surface area contributed by atoms with E-state index in [0.29, 0.717) is 17.5 Å². The Kier molecular flexibility index (Phi) is 3.96. The zero-order valence-electron chi connectivity index (χ0n) is 12.9. The minimum atomic E-state index is -2.84. The maximum Gasteiger partial charge on any atom is 0.232 e. The van der Waals surface area contributed by atoms with Crippen molar-refractivity contribution >= 4 is 27.5 Å². The molecule has 5 fully saturated rings.